The highest BCUT2D eigenvalue weighted by molar-refractivity contribution is 5.95. The highest BCUT2D eigenvalue weighted by atomic mass is 16.2. The van der Waals surface area contributed by atoms with Gasteiger partial charge in [0.25, 0.3) is 5.91 Å². The molecule has 0 aliphatic carbocycles. The van der Waals surface area contributed by atoms with Gasteiger partial charge in [0.1, 0.15) is 0 Å². The molecule has 0 bridgehead atoms. The molecule has 2 aliphatic rings. The van der Waals surface area contributed by atoms with Crippen molar-refractivity contribution in [3.63, 3.8) is 0 Å². The van der Waals surface area contributed by atoms with E-state index < -0.39 is 0 Å². The second-order valence-corrected chi connectivity index (χ2v) is 6.19. The monoisotopic (exact) mass is 316 g/mol. The van der Waals surface area contributed by atoms with Gasteiger partial charge in [-0.05, 0) is 25.7 Å². The van der Waals surface area contributed by atoms with Gasteiger partial charge in [0.2, 0.25) is 5.91 Å². The summed E-state index contributed by atoms with van der Waals surface area (Å²) in [4.78, 5) is 28.5. The zero-order valence-corrected chi connectivity index (χ0v) is 13.5. The molecule has 23 heavy (non-hydrogen) atoms. The van der Waals surface area contributed by atoms with Crippen LogP contribution in [-0.2, 0) is 17.8 Å². The summed E-state index contributed by atoms with van der Waals surface area (Å²) >= 11 is 0. The first-order chi connectivity index (χ1) is 11.2. The van der Waals surface area contributed by atoms with Crippen LogP contribution in [0.4, 0.5) is 0 Å². The van der Waals surface area contributed by atoms with E-state index in [1.165, 1.54) is 0 Å². The molecule has 2 aliphatic heterocycles. The second kappa shape index (κ2) is 6.98. The number of hydrogen-bond donors (Lipinski definition) is 0. The zero-order chi connectivity index (χ0) is 16.2. The number of nitrogens with zero attached hydrogens (tertiary/aromatic N) is 4. The van der Waals surface area contributed by atoms with Gasteiger partial charge in [-0.3, -0.25) is 14.3 Å². The Balaban J connectivity index is 1.59. The van der Waals surface area contributed by atoms with Crippen LogP contribution in [0.15, 0.2) is 18.9 Å². The number of aryl methyl sites for hydroxylation is 1. The van der Waals surface area contributed by atoms with Crippen LogP contribution in [0.25, 0.3) is 0 Å². The minimum atomic E-state index is 0.0614. The van der Waals surface area contributed by atoms with Crippen molar-refractivity contribution in [2.45, 2.75) is 38.6 Å². The quantitative estimate of drug-likeness (QED) is 0.790. The normalized spacial score (nSPS) is 17.7. The molecule has 0 N–H and O–H groups in total. The van der Waals surface area contributed by atoms with E-state index in [-0.39, 0.29) is 11.8 Å². The van der Waals surface area contributed by atoms with E-state index in [4.69, 9.17) is 0 Å². The molecule has 2 amide bonds. The van der Waals surface area contributed by atoms with Crippen molar-refractivity contribution in [3.05, 3.63) is 30.1 Å². The molecule has 1 aromatic rings. The van der Waals surface area contributed by atoms with Gasteiger partial charge in [0, 0.05) is 39.1 Å². The second-order valence-electron chi connectivity index (χ2n) is 6.19. The largest absolute Gasteiger partial charge is 0.339 e. The lowest BCUT2D eigenvalue weighted by Crippen LogP contribution is -2.50. The molecule has 1 fully saturated rings. The van der Waals surface area contributed by atoms with Gasteiger partial charge in [-0.15, -0.1) is 6.58 Å². The Hall–Kier alpha value is -2.11. The fourth-order valence-corrected chi connectivity index (χ4v) is 3.31. The lowest BCUT2D eigenvalue weighted by Gasteiger charge is -2.35. The Labute approximate surface area is 136 Å². The first kappa shape index (κ1) is 15.8. The fraction of sp³-hybridized carbons (Fsp3) is 0.588. The Morgan fingerprint density at radius 3 is 2.61 bits per heavy atom. The molecular weight excluding hydrogens is 292 g/mol. The van der Waals surface area contributed by atoms with Crippen molar-refractivity contribution in [3.8, 4) is 0 Å². The first-order valence-corrected chi connectivity index (χ1v) is 8.43. The molecule has 3 rings (SSSR count). The van der Waals surface area contributed by atoms with E-state index in [2.05, 4.69) is 11.7 Å². The Morgan fingerprint density at radius 2 is 1.87 bits per heavy atom. The average molecular weight is 316 g/mol. The maximum Gasteiger partial charge on any atom is 0.257 e. The Bertz CT molecular complexity index is 600. The van der Waals surface area contributed by atoms with Crippen molar-refractivity contribution >= 4 is 11.8 Å². The summed E-state index contributed by atoms with van der Waals surface area (Å²) in [5.74, 6) is 0.214. The van der Waals surface area contributed by atoms with Crippen LogP contribution in [0.1, 0.15) is 41.7 Å². The van der Waals surface area contributed by atoms with E-state index in [1.54, 1.807) is 12.3 Å². The van der Waals surface area contributed by atoms with Crippen molar-refractivity contribution < 1.29 is 9.59 Å². The number of carbonyl (C=O) groups is 2. The van der Waals surface area contributed by atoms with Gasteiger partial charge < -0.3 is 9.80 Å². The predicted molar refractivity (Wildman–Crippen MR) is 87.1 cm³/mol. The standard InChI is InChI=1S/C17H24N4O2/c1-2-3-7-16(22)19-9-11-20(12-10-19)17(23)14-13-18-21-8-5-4-6-15(14)21/h2,13H,1,3-12H2. The summed E-state index contributed by atoms with van der Waals surface area (Å²) in [7, 11) is 0. The number of fused-ring (bicyclic) bond motifs is 1. The molecule has 0 unspecified atom stereocenters. The van der Waals surface area contributed by atoms with Crippen LogP contribution < -0.4 is 0 Å². The lowest BCUT2D eigenvalue weighted by atomic mass is 10.1. The minimum absolute atomic E-state index is 0.0614. The SMILES string of the molecule is C=CCCC(=O)N1CCN(C(=O)c2cnn3c2CCCC3)CC1. The molecule has 1 aromatic heterocycles. The molecule has 0 atom stereocenters. The summed E-state index contributed by atoms with van der Waals surface area (Å²) < 4.78 is 1.96. The Morgan fingerprint density at radius 1 is 1.13 bits per heavy atom. The molecule has 3 heterocycles. The molecule has 6 nitrogen and oxygen atoms in total. The van der Waals surface area contributed by atoms with E-state index in [1.807, 2.05) is 14.5 Å². The highest BCUT2D eigenvalue weighted by Crippen LogP contribution is 2.20. The van der Waals surface area contributed by atoms with Crippen molar-refractivity contribution in [1.29, 1.82) is 0 Å². The number of carbonyl (C=O) groups excluding carboxylic acids is 2. The summed E-state index contributed by atoms with van der Waals surface area (Å²) in [5, 5.41) is 4.34. The van der Waals surface area contributed by atoms with Crippen LogP contribution in [0.5, 0.6) is 0 Å². The van der Waals surface area contributed by atoms with Crippen molar-refractivity contribution in [2.24, 2.45) is 0 Å². The van der Waals surface area contributed by atoms with Crippen LogP contribution in [0.3, 0.4) is 0 Å². The third-order valence-electron chi connectivity index (χ3n) is 4.69. The van der Waals surface area contributed by atoms with Crippen LogP contribution in [0, 0.1) is 0 Å². The van der Waals surface area contributed by atoms with Crippen molar-refractivity contribution in [2.75, 3.05) is 26.2 Å². The smallest absolute Gasteiger partial charge is 0.257 e. The average Bonchev–Trinajstić information content (AvgIpc) is 3.03. The molecule has 0 radical (unpaired) electrons. The fourth-order valence-electron chi connectivity index (χ4n) is 3.31. The number of allylic oxidation sites excluding steroid dienone is 1. The lowest BCUT2D eigenvalue weighted by molar-refractivity contribution is -0.132. The van der Waals surface area contributed by atoms with Gasteiger partial charge in [-0.2, -0.15) is 5.10 Å². The minimum Gasteiger partial charge on any atom is -0.339 e. The third-order valence-corrected chi connectivity index (χ3v) is 4.69. The van der Waals surface area contributed by atoms with Gasteiger partial charge in [-0.25, -0.2) is 0 Å². The zero-order valence-electron chi connectivity index (χ0n) is 13.5. The van der Waals surface area contributed by atoms with Crippen LogP contribution in [-0.4, -0.2) is 57.6 Å². The van der Waals surface area contributed by atoms with Gasteiger partial charge in [0.15, 0.2) is 0 Å². The van der Waals surface area contributed by atoms with Crippen LogP contribution >= 0.6 is 0 Å². The van der Waals surface area contributed by atoms with Gasteiger partial charge in [0.05, 0.1) is 17.5 Å². The number of rotatable bonds is 4. The third kappa shape index (κ3) is 3.30. The van der Waals surface area contributed by atoms with Gasteiger partial charge >= 0.3 is 0 Å². The van der Waals surface area contributed by atoms with Gasteiger partial charge in [-0.1, -0.05) is 6.08 Å². The number of piperazine rings is 1. The number of amides is 2. The predicted octanol–water partition coefficient (Wildman–Crippen LogP) is 1.47. The molecule has 0 aromatic carbocycles. The number of hydrogen-bond acceptors (Lipinski definition) is 3. The molecule has 6 heteroatoms. The molecule has 1 saturated heterocycles. The summed E-state index contributed by atoms with van der Waals surface area (Å²) in [6.45, 7) is 6.99. The maximum absolute atomic E-state index is 12.7. The van der Waals surface area contributed by atoms with Crippen molar-refractivity contribution in [1.82, 2.24) is 19.6 Å². The topological polar surface area (TPSA) is 58.4 Å². The maximum atomic E-state index is 12.7. The van der Waals surface area contributed by atoms with E-state index in [0.717, 1.165) is 37.1 Å². The molecule has 0 spiro atoms. The summed E-state index contributed by atoms with van der Waals surface area (Å²) in [5.41, 5.74) is 1.82. The highest BCUT2D eigenvalue weighted by Gasteiger charge is 2.28. The molecule has 124 valence electrons. The molecule has 0 saturated carbocycles. The number of aromatic nitrogens is 2. The molecular formula is C17H24N4O2. The Kier molecular flexibility index (Phi) is 4.79. The van der Waals surface area contributed by atoms with E-state index in [9.17, 15) is 9.59 Å². The summed E-state index contributed by atoms with van der Waals surface area (Å²) in [6.07, 6.45) is 7.88. The van der Waals surface area contributed by atoms with E-state index >= 15 is 0 Å². The summed E-state index contributed by atoms with van der Waals surface area (Å²) in [6, 6.07) is 0. The van der Waals surface area contributed by atoms with E-state index in [0.29, 0.717) is 39.0 Å². The van der Waals surface area contributed by atoms with Crippen LogP contribution in [0.2, 0.25) is 0 Å². The first-order valence-electron chi connectivity index (χ1n) is 8.43.